The van der Waals surface area contributed by atoms with Crippen LogP contribution in [0.3, 0.4) is 0 Å². The zero-order chi connectivity index (χ0) is 20.1. The van der Waals surface area contributed by atoms with E-state index >= 15 is 0 Å². The van der Waals surface area contributed by atoms with Crippen LogP contribution >= 0.6 is 11.8 Å². The Morgan fingerprint density at radius 1 is 1.07 bits per heavy atom. The third kappa shape index (κ3) is 5.20. The number of alkyl halides is 3. The minimum Gasteiger partial charge on any atom is -0.369 e. The van der Waals surface area contributed by atoms with Crippen LogP contribution in [0.5, 0.6) is 0 Å². The number of benzene rings is 2. The third-order valence-electron chi connectivity index (χ3n) is 4.66. The van der Waals surface area contributed by atoms with Crippen molar-refractivity contribution >= 4 is 29.0 Å². The van der Waals surface area contributed by atoms with Crippen LogP contribution in [0.25, 0.3) is 0 Å². The van der Waals surface area contributed by atoms with Crippen molar-refractivity contribution in [1.29, 1.82) is 0 Å². The summed E-state index contributed by atoms with van der Waals surface area (Å²) < 4.78 is 38.7. The maximum Gasteiger partial charge on any atom is 0.416 e. The molecule has 1 saturated heterocycles. The molecule has 0 aliphatic carbocycles. The molecule has 28 heavy (non-hydrogen) atoms. The van der Waals surface area contributed by atoms with Gasteiger partial charge in [0.25, 0.3) is 0 Å². The van der Waals surface area contributed by atoms with Gasteiger partial charge in [-0.15, -0.1) is 11.8 Å². The Labute approximate surface area is 166 Å². The number of thioether (sulfide) groups is 1. The van der Waals surface area contributed by atoms with Gasteiger partial charge < -0.3 is 10.2 Å². The first-order valence-electron chi connectivity index (χ1n) is 8.94. The highest BCUT2D eigenvalue weighted by Gasteiger charge is 2.31. The molecule has 0 saturated carbocycles. The maximum atomic E-state index is 12.9. The molecule has 1 amide bonds. The van der Waals surface area contributed by atoms with Gasteiger partial charge in [-0.1, -0.05) is 18.2 Å². The summed E-state index contributed by atoms with van der Waals surface area (Å²) in [4.78, 5) is 17.3. The number of para-hydroxylation sites is 1. The van der Waals surface area contributed by atoms with Gasteiger partial charge in [0.05, 0.1) is 17.8 Å². The normalized spacial score (nSPS) is 15.5. The molecule has 2 aromatic carbocycles. The molecule has 0 atom stereocenters. The predicted octanol–water partition coefficient (Wildman–Crippen LogP) is 4.19. The number of hydrogen-bond acceptors (Lipinski definition) is 4. The van der Waals surface area contributed by atoms with Gasteiger partial charge in [0.2, 0.25) is 5.91 Å². The second-order valence-electron chi connectivity index (χ2n) is 6.56. The van der Waals surface area contributed by atoms with E-state index in [1.54, 1.807) is 17.8 Å². The van der Waals surface area contributed by atoms with E-state index in [0.29, 0.717) is 31.9 Å². The molecule has 0 unspecified atom stereocenters. The first kappa shape index (κ1) is 20.5. The Kier molecular flexibility index (Phi) is 6.51. The van der Waals surface area contributed by atoms with E-state index in [1.165, 1.54) is 12.1 Å². The molecule has 1 aliphatic heterocycles. The first-order valence-corrected chi connectivity index (χ1v) is 10.2. The van der Waals surface area contributed by atoms with Gasteiger partial charge in [-0.05, 0) is 36.6 Å². The van der Waals surface area contributed by atoms with Crippen molar-refractivity contribution in [2.45, 2.75) is 11.1 Å². The Balaban J connectivity index is 1.54. The molecular weight excluding hydrogens is 387 g/mol. The van der Waals surface area contributed by atoms with Crippen LogP contribution in [0.1, 0.15) is 5.56 Å². The Morgan fingerprint density at radius 3 is 2.46 bits per heavy atom. The summed E-state index contributed by atoms with van der Waals surface area (Å²) in [6.45, 7) is 2.66. The number of amides is 1. The van der Waals surface area contributed by atoms with Crippen LogP contribution in [-0.2, 0) is 11.0 Å². The lowest BCUT2D eigenvalue weighted by atomic mass is 10.1. The monoisotopic (exact) mass is 409 g/mol. The van der Waals surface area contributed by atoms with Crippen molar-refractivity contribution in [3.05, 3.63) is 54.1 Å². The highest BCUT2D eigenvalue weighted by molar-refractivity contribution is 7.98. The summed E-state index contributed by atoms with van der Waals surface area (Å²) in [5.74, 6) is -0.0889. The van der Waals surface area contributed by atoms with Crippen molar-refractivity contribution in [1.82, 2.24) is 4.90 Å². The molecule has 3 rings (SSSR count). The highest BCUT2D eigenvalue weighted by Crippen LogP contribution is 2.32. The Bertz CT molecular complexity index is 820. The number of carbonyl (C=O) groups excluding carboxylic acids is 1. The number of piperazine rings is 1. The average molecular weight is 409 g/mol. The molecule has 4 nitrogen and oxygen atoms in total. The van der Waals surface area contributed by atoms with Crippen molar-refractivity contribution in [3.8, 4) is 0 Å². The topological polar surface area (TPSA) is 35.6 Å². The van der Waals surface area contributed by atoms with Gasteiger partial charge in [0.15, 0.2) is 0 Å². The van der Waals surface area contributed by atoms with E-state index in [9.17, 15) is 18.0 Å². The first-order chi connectivity index (χ1) is 13.4. The molecule has 0 bridgehead atoms. The average Bonchev–Trinajstić information content (AvgIpc) is 2.68. The quantitative estimate of drug-likeness (QED) is 0.752. The second kappa shape index (κ2) is 8.87. The predicted molar refractivity (Wildman–Crippen MR) is 107 cm³/mol. The third-order valence-corrected chi connectivity index (χ3v) is 5.46. The number of halogens is 3. The Morgan fingerprint density at radius 2 is 1.79 bits per heavy atom. The smallest absolute Gasteiger partial charge is 0.369 e. The number of nitrogens with zero attached hydrogens (tertiary/aromatic N) is 2. The lowest BCUT2D eigenvalue weighted by Gasteiger charge is -2.36. The molecular formula is C20H22F3N3OS. The fraction of sp³-hybridized carbons (Fsp3) is 0.350. The molecule has 1 N–H and O–H groups in total. The fourth-order valence-corrected chi connectivity index (χ4v) is 3.74. The molecule has 0 aromatic heterocycles. The second-order valence-corrected chi connectivity index (χ2v) is 7.41. The van der Waals surface area contributed by atoms with E-state index < -0.39 is 11.7 Å². The molecule has 8 heteroatoms. The minimum atomic E-state index is -4.34. The van der Waals surface area contributed by atoms with Crippen LogP contribution in [0, 0.1) is 0 Å². The molecule has 150 valence electrons. The van der Waals surface area contributed by atoms with Crippen molar-refractivity contribution < 1.29 is 18.0 Å². The standard InChI is InChI=1S/C20H22F3N3OS/c1-28-18-8-3-2-7-17(18)24-19(27)14-25-9-11-26(12-10-25)16-6-4-5-15(13-16)20(21,22)23/h2-8,13H,9-12,14H2,1H3,(H,24,27). The van der Waals surface area contributed by atoms with E-state index in [2.05, 4.69) is 5.32 Å². The van der Waals surface area contributed by atoms with E-state index in [4.69, 9.17) is 0 Å². The fourth-order valence-electron chi connectivity index (χ4n) is 3.18. The van der Waals surface area contributed by atoms with Gasteiger partial charge in [-0.25, -0.2) is 0 Å². The van der Waals surface area contributed by atoms with Crippen LogP contribution in [-0.4, -0.2) is 49.8 Å². The number of rotatable bonds is 5. The van der Waals surface area contributed by atoms with Gasteiger partial charge >= 0.3 is 6.18 Å². The molecule has 1 heterocycles. The summed E-state index contributed by atoms with van der Waals surface area (Å²) in [6.07, 6.45) is -2.39. The van der Waals surface area contributed by atoms with Crippen LogP contribution in [0.4, 0.5) is 24.5 Å². The zero-order valence-electron chi connectivity index (χ0n) is 15.5. The van der Waals surface area contributed by atoms with Gasteiger partial charge in [0, 0.05) is 36.8 Å². The largest absolute Gasteiger partial charge is 0.416 e. The zero-order valence-corrected chi connectivity index (χ0v) is 16.3. The summed E-state index contributed by atoms with van der Waals surface area (Å²) in [7, 11) is 0. The number of carbonyl (C=O) groups is 1. The summed E-state index contributed by atoms with van der Waals surface area (Å²) >= 11 is 1.57. The molecule has 1 fully saturated rings. The summed E-state index contributed by atoms with van der Waals surface area (Å²) in [6, 6.07) is 13.0. The minimum absolute atomic E-state index is 0.0889. The van der Waals surface area contributed by atoms with Gasteiger partial charge in [-0.3, -0.25) is 9.69 Å². The SMILES string of the molecule is CSc1ccccc1NC(=O)CN1CCN(c2cccc(C(F)(F)F)c2)CC1. The van der Waals surface area contributed by atoms with Crippen LogP contribution in [0.15, 0.2) is 53.4 Å². The van der Waals surface area contributed by atoms with Gasteiger partial charge in [-0.2, -0.15) is 13.2 Å². The van der Waals surface area contributed by atoms with Crippen LogP contribution in [0.2, 0.25) is 0 Å². The molecule has 1 aliphatic rings. The number of hydrogen-bond donors (Lipinski definition) is 1. The number of nitrogens with one attached hydrogen (secondary N) is 1. The summed E-state index contributed by atoms with van der Waals surface area (Å²) in [5.41, 5.74) is 0.717. The van der Waals surface area contributed by atoms with Crippen molar-refractivity contribution in [2.75, 3.05) is 49.2 Å². The van der Waals surface area contributed by atoms with Crippen molar-refractivity contribution in [3.63, 3.8) is 0 Å². The van der Waals surface area contributed by atoms with Crippen molar-refractivity contribution in [2.24, 2.45) is 0 Å². The van der Waals surface area contributed by atoms with Crippen LogP contribution < -0.4 is 10.2 Å². The summed E-state index contributed by atoms with van der Waals surface area (Å²) in [5, 5.41) is 2.94. The maximum absolute atomic E-state index is 12.9. The molecule has 0 radical (unpaired) electrons. The van der Waals surface area contributed by atoms with Gasteiger partial charge in [0.1, 0.15) is 0 Å². The molecule has 2 aromatic rings. The van der Waals surface area contributed by atoms with E-state index in [-0.39, 0.29) is 12.5 Å². The van der Waals surface area contributed by atoms with E-state index in [0.717, 1.165) is 16.6 Å². The highest BCUT2D eigenvalue weighted by atomic mass is 32.2. The Hall–Kier alpha value is -2.19. The lowest BCUT2D eigenvalue weighted by Crippen LogP contribution is -2.48. The lowest BCUT2D eigenvalue weighted by molar-refractivity contribution is -0.137. The van der Waals surface area contributed by atoms with E-state index in [1.807, 2.05) is 40.3 Å². The number of anilines is 2. The molecule has 0 spiro atoms.